The Labute approximate surface area is 116 Å². The third kappa shape index (κ3) is 2.25. The van der Waals surface area contributed by atoms with Crippen molar-refractivity contribution in [1.29, 1.82) is 0 Å². The van der Waals surface area contributed by atoms with Gasteiger partial charge in [-0.1, -0.05) is 0 Å². The number of furan rings is 1. The van der Waals surface area contributed by atoms with E-state index < -0.39 is 0 Å². The number of aromatic nitrogens is 3. The van der Waals surface area contributed by atoms with Gasteiger partial charge < -0.3 is 14.4 Å². The Hall–Kier alpha value is -2.34. The Bertz CT molecular complexity index is 690. The molecule has 0 bridgehead atoms. The summed E-state index contributed by atoms with van der Waals surface area (Å²) in [5.41, 5.74) is 0.787. The number of rotatable bonds is 5. The fourth-order valence-corrected chi connectivity index (χ4v) is 2.17. The van der Waals surface area contributed by atoms with Crippen LogP contribution in [0.2, 0.25) is 0 Å². The Morgan fingerprint density at radius 2 is 2.30 bits per heavy atom. The molecule has 0 aliphatic carbocycles. The first-order valence-electron chi connectivity index (χ1n) is 6.48. The van der Waals surface area contributed by atoms with Crippen LogP contribution in [0.25, 0.3) is 16.9 Å². The molecular formula is C14H16N4O2. The fraction of sp³-hybridized carbons (Fsp3) is 0.286. The topological polar surface area (TPSA) is 67.3 Å². The summed E-state index contributed by atoms with van der Waals surface area (Å²) in [6, 6.07) is 3.80. The summed E-state index contributed by atoms with van der Waals surface area (Å²) in [5, 5.41) is 9.88. The highest BCUT2D eigenvalue weighted by molar-refractivity contribution is 5.90. The minimum absolute atomic E-state index is 0.173. The zero-order chi connectivity index (χ0) is 13.9. The van der Waals surface area contributed by atoms with Gasteiger partial charge in [0.25, 0.3) is 0 Å². The summed E-state index contributed by atoms with van der Waals surface area (Å²) in [6.45, 7) is 0.917. The molecule has 0 aromatic carbocycles. The molecule has 0 radical (unpaired) electrons. The summed E-state index contributed by atoms with van der Waals surface area (Å²) < 4.78 is 7.63. The standard InChI is InChI=1S/C14H16N4O2/c1-17(6-2-8-19)14-11-9-13(18-7-5-15-10-18)20-12(11)3-4-16-14/h3-5,7,9-10,19H,2,6,8H2,1H3. The average molecular weight is 272 g/mol. The van der Waals surface area contributed by atoms with E-state index in [4.69, 9.17) is 9.52 Å². The van der Waals surface area contributed by atoms with E-state index in [9.17, 15) is 0 Å². The lowest BCUT2D eigenvalue weighted by Crippen LogP contribution is -2.20. The van der Waals surface area contributed by atoms with Gasteiger partial charge in [0.15, 0.2) is 0 Å². The van der Waals surface area contributed by atoms with Crippen molar-refractivity contribution in [3.05, 3.63) is 37.1 Å². The van der Waals surface area contributed by atoms with E-state index >= 15 is 0 Å². The molecule has 0 fully saturated rings. The van der Waals surface area contributed by atoms with E-state index in [0.29, 0.717) is 12.3 Å². The zero-order valence-electron chi connectivity index (χ0n) is 11.2. The number of aliphatic hydroxyl groups excluding tert-OH is 1. The van der Waals surface area contributed by atoms with Crippen LogP contribution in [0.4, 0.5) is 5.82 Å². The Kier molecular flexibility index (Phi) is 3.39. The van der Waals surface area contributed by atoms with Crippen LogP contribution in [0.15, 0.2) is 41.5 Å². The first-order valence-corrected chi connectivity index (χ1v) is 6.48. The van der Waals surface area contributed by atoms with Crippen molar-refractivity contribution in [3.63, 3.8) is 0 Å². The monoisotopic (exact) mass is 272 g/mol. The molecule has 0 saturated carbocycles. The summed E-state index contributed by atoms with van der Waals surface area (Å²) >= 11 is 0. The van der Waals surface area contributed by atoms with Gasteiger partial charge in [-0.15, -0.1) is 0 Å². The first kappa shape index (κ1) is 12.7. The predicted molar refractivity (Wildman–Crippen MR) is 76.1 cm³/mol. The maximum absolute atomic E-state index is 8.93. The highest BCUT2D eigenvalue weighted by Crippen LogP contribution is 2.28. The quantitative estimate of drug-likeness (QED) is 0.767. The van der Waals surface area contributed by atoms with Crippen molar-refractivity contribution in [2.45, 2.75) is 6.42 Å². The van der Waals surface area contributed by atoms with Crippen LogP contribution >= 0.6 is 0 Å². The molecule has 0 amide bonds. The predicted octanol–water partition coefficient (Wildman–Crippen LogP) is 1.83. The summed E-state index contributed by atoms with van der Waals surface area (Å²) in [6.07, 6.45) is 7.68. The van der Waals surface area contributed by atoms with Gasteiger partial charge in [0.05, 0.1) is 5.39 Å². The van der Waals surface area contributed by atoms with Gasteiger partial charge in [0, 0.05) is 44.9 Å². The lowest BCUT2D eigenvalue weighted by Gasteiger charge is -2.17. The summed E-state index contributed by atoms with van der Waals surface area (Å²) in [7, 11) is 1.96. The molecule has 1 N–H and O–H groups in total. The van der Waals surface area contributed by atoms with Crippen LogP contribution in [0.1, 0.15) is 6.42 Å². The second-order valence-electron chi connectivity index (χ2n) is 4.60. The molecule has 0 atom stereocenters. The molecule has 0 aliphatic heterocycles. The van der Waals surface area contributed by atoms with E-state index in [2.05, 4.69) is 9.97 Å². The zero-order valence-corrected chi connectivity index (χ0v) is 11.2. The van der Waals surface area contributed by atoms with Crippen molar-refractivity contribution < 1.29 is 9.52 Å². The number of pyridine rings is 1. The van der Waals surface area contributed by atoms with Crippen LogP contribution < -0.4 is 4.90 Å². The molecule has 3 aromatic rings. The minimum Gasteiger partial charge on any atom is -0.440 e. The number of hydrogen-bond acceptors (Lipinski definition) is 5. The van der Waals surface area contributed by atoms with Gasteiger partial charge in [-0.3, -0.25) is 4.57 Å². The largest absolute Gasteiger partial charge is 0.440 e. The summed E-state index contributed by atoms with van der Waals surface area (Å²) in [5.74, 6) is 1.56. The molecule has 3 rings (SSSR count). The van der Waals surface area contributed by atoms with Crippen LogP contribution in [0, 0.1) is 0 Å². The second-order valence-corrected chi connectivity index (χ2v) is 4.60. The Morgan fingerprint density at radius 1 is 1.40 bits per heavy atom. The molecule has 6 nitrogen and oxygen atoms in total. The van der Waals surface area contributed by atoms with Crippen LogP contribution in [-0.4, -0.2) is 39.8 Å². The molecule has 3 aromatic heterocycles. The van der Waals surface area contributed by atoms with Gasteiger partial charge in [-0.2, -0.15) is 0 Å². The number of hydrogen-bond donors (Lipinski definition) is 1. The normalized spacial score (nSPS) is 11.1. The number of nitrogens with zero attached hydrogens (tertiary/aromatic N) is 4. The van der Waals surface area contributed by atoms with E-state index in [1.165, 1.54) is 0 Å². The van der Waals surface area contributed by atoms with Crippen molar-refractivity contribution in [3.8, 4) is 5.88 Å². The van der Waals surface area contributed by atoms with Gasteiger partial charge >= 0.3 is 0 Å². The Balaban J connectivity index is 2.01. The molecular weight excluding hydrogens is 256 g/mol. The number of aliphatic hydroxyl groups is 1. The smallest absolute Gasteiger partial charge is 0.206 e. The maximum atomic E-state index is 8.93. The van der Waals surface area contributed by atoms with Crippen molar-refractivity contribution >= 4 is 16.8 Å². The molecule has 3 heterocycles. The minimum atomic E-state index is 0.173. The average Bonchev–Trinajstić information content (AvgIpc) is 3.11. The van der Waals surface area contributed by atoms with E-state index in [-0.39, 0.29) is 6.61 Å². The van der Waals surface area contributed by atoms with Crippen LogP contribution in [0.5, 0.6) is 0 Å². The highest BCUT2D eigenvalue weighted by atomic mass is 16.4. The highest BCUT2D eigenvalue weighted by Gasteiger charge is 2.12. The molecule has 0 spiro atoms. The molecule has 0 aliphatic rings. The van der Waals surface area contributed by atoms with Gasteiger partial charge in [-0.25, -0.2) is 9.97 Å². The van der Waals surface area contributed by atoms with Crippen LogP contribution in [0.3, 0.4) is 0 Å². The third-order valence-electron chi connectivity index (χ3n) is 3.18. The third-order valence-corrected chi connectivity index (χ3v) is 3.18. The number of anilines is 1. The van der Waals surface area contributed by atoms with Gasteiger partial charge in [-0.05, 0) is 12.5 Å². The van der Waals surface area contributed by atoms with E-state index in [1.807, 2.05) is 34.8 Å². The molecule has 0 unspecified atom stereocenters. The van der Waals surface area contributed by atoms with Crippen molar-refractivity contribution in [1.82, 2.24) is 14.5 Å². The van der Waals surface area contributed by atoms with E-state index in [0.717, 1.165) is 23.3 Å². The van der Waals surface area contributed by atoms with Crippen molar-refractivity contribution in [2.75, 3.05) is 25.1 Å². The summed E-state index contributed by atoms with van der Waals surface area (Å²) in [4.78, 5) is 10.4. The van der Waals surface area contributed by atoms with E-state index in [1.54, 1.807) is 18.7 Å². The fourth-order valence-electron chi connectivity index (χ4n) is 2.17. The lowest BCUT2D eigenvalue weighted by molar-refractivity contribution is 0.290. The van der Waals surface area contributed by atoms with Crippen molar-refractivity contribution in [2.24, 2.45) is 0 Å². The molecule has 20 heavy (non-hydrogen) atoms. The lowest BCUT2D eigenvalue weighted by atomic mass is 10.3. The Morgan fingerprint density at radius 3 is 3.05 bits per heavy atom. The van der Waals surface area contributed by atoms with Gasteiger partial charge in [0.2, 0.25) is 5.88 Å². The first-order chi connectivity index (χ1) is 9.79. The molecule has 0 saturated heterocycles. The number of fused-ring (bicyclic) bond motifs is 1. The molecule has 6 heteroatoms. The second kappa shape index (κ2) is 5.34. The van der Waals surface area contributed by atoms with Gasteiger partial charge in [0.1, 0.15) is 17.7 Å². The molecule has 104 valence electrons. The number of imidazole rings is 1. The SMILES string of the molecule is CN(CCCO)c1nccc2oc(-n3ccnc3)cc12. The van der Waals surface area contributed by atoms with Crippen LogP contribution in [-0.2, 0) is 0 Å². The maximum Gasteiger partial charge on any atom is 0.206 e.